The molecule has 0 unspecified atom stereocenters. The maximum absolute atomic E-state index is 10.7. The van der Waals surface area contributed by atoms with Crippen molar-refractivity contribution in [2.45, 2.75) is 13.3 Å². The predicted octanol–water partition coefficient (Wildman–Crippen LogP) is 2.89. The van der Waals surface area contributed by atoms with E-state index in [-0.39, 0.29) is 11.3 Å². The quantitative estimate of drug-likeness (QED) is 0.674. The number of hydrogen-bond acceptors (Lipinski definition) is 6. The van der Waals surface area contributed by atoms with Crippen molar-refractivity contribution in [1.29, 1.82) is 5.26 Å². The van der Waals surface area contributed by atoms with Gasteiger partial charge in [-0.1, -0.05) is 0 Å². The normalized spacial score (nSPS) is 10.0. The van der Waals surface area contributed by atoms with Gasteiger partial charge in [0.05, 0.1) is 15.6 Å². The Kier molecular flexibility index (Phi) is 4.27. The van der Waals surface area contributed by atoms with E-state index in [0.717, 1.165) is 17.1 Å². The molecule has 0 atom stereocenters. The Morgan fingerprint density at radius 1 is 1.55 bits per heavy atom. The summed E-state index contributed by atoms with van der Waals surface area (Å²) in [6, 6.07) is 6.27. The lowest BCUT2D eigenvalue weighted by atomic mass is 10.1. The first-order chi connectivity index (χ1) is 9.60. The molecular formula is C13H12N4O2S. The molecular weight excluding hydrogens is 276 g/mol. The number of nitro groups is 1. The topological polar surface area (TPSA) is 91.8 Å². The highest BCUT2D eigenvalue weighted by Crippen LogP contribution is 2.21. The zero-order chi connectivity index (χ0) is 14.5. The van der Waals surface area contributed by atoms with Crippen LogP contribution in [-0.2, 0) is 6.42 Å². The molecule has 0 saturated carbocycles. The fraction of sp³-hybridized carbons (Fsp3) is 0.231. The molecule has 0 aliphatic rings. The van der Waals surface area contributed by atoms with E-state index < -0.39 is 4.92 Å². The van der Waals surface area contributed by atoms with Gasteiger partial charge in [0.15, 0.2) is 0 Å². The van der Waals surface area contributed by atoms with Crippen molar-refractivity contribution in [3.05, 3.63) is 50.0 Å². The number of aromatic nitrogens is 1. The molecule has 0 bridgehead atoms. The van der Waals surface area contributed by atoms with Crippen LogP contribution in [0.2, 0.25) is 0 Å². The van der Waals surface area contributed by atoms with E-state index >= 15 is 0 Å². The number of benzene rings is 1. The molecule has 0 radical (unpaired) electrons. The van der Waals surface area contributed by atoms with E-state index in [1.165, 1.54) is 12.1 Å². The van der Waals surface area contributed by atoms with Crippen molar-refractivity contribution in [2.24, 2.45) is 0 Å². The minimum atomic E-state index is -0.555. The molecule has 0 fully saturated rings. The number of thiazole rings is 1. The van der Waals surface area contributed by atoms with Gasteiger partial charge in [0.1, 0.15) is 11.6 Å². The van der Waals surface area contributed by atoms with E-state index in [0.29, 0.717) is 12.2 Å². The third-order valence-electron chi connectivity index (χ3n) is 2.69. The van der Waals surface area contributed by atoms with Gasteiger partial charge >= 0.3 is 0 Å². The van der Waals surface area contributed by atoms with Crippen LogP contribution in [0, 0.1) is 28.4 Å². The third kappa shape index (κ3) is 3.30. The van der Waals surface area contributed by atoms with E-state index in [1.54, 1.807) is 17.4 Å². The molecule has 20 heavy (non-hydrogen) atoms. The van der Waals surface area contributed by atoms with Gasteiger partial charge in [-0.15, -0.1) is 11.3 Å². The summed E-state index contributed by atoms with van der Waals surface area (Å²) in [6.07, 6.45) is 0.767. The highest BCUT2D eigenvalue weighted by Gasteiger charge is 2.13. The lowest BCUT2D eigenvalue weighted by Gasteiger charge is -2.05. The Hall–Kier alpha value is -2.46. The first kappa shape index (κ1) is 14.0. The SMILES string of the molecule is Cc1nc(CCNc2ccc([N+](=O)[O-])c(C#N)c2)cs1. The van der Waals surface area contributed by atoms with Gasteiger partial charge in [-0.25, -0.2) is 4.98 Å². The average molecular weight is 288 g/mol. The third-order valence-corrected chi connectivity index (χ3v) is 3.51. The Bertz CT molecular complexity index is 675. The fourth-order valence-corrected chi connectivity index (χ4v) is 2.40. The summed E-state index contributed by atoms with van der Waals surface area (Å²) in [6.45, 7) is 2.61. The molecule has 0 spiro atoms. The van der Waals surface area contributed by atoms with Crippen LogP contribution >= 0.6 is 11.3 Å². The van der Waals surface area contributed by atoms with Crippen LogP contribution < -0.4 is 5.32 Å². The minimum absolute atomic E-state index is 0.0597. The number of anilines is 1. The molecule has 6 nitrogen and oxygen atoms in total. The molecule has 1 heterocycles. The van der Waals surface area contributed by atoms with Gasteiger partial charge in [-0.05, 0) is 19.1 Å². The van der Waals surface area contributed by atoms with Gasteiger partial charge in [-0.2, -0.15) is 5.26 Å². The first-order valence-corrected chi connectivity index (χ1v) is 6.81. The smallest absolute Gasteiger partial charge is 0.287 e. The molecule has 1 aromatic heterocycles. The molecule has 2 aromatic rings. The van der Waals surface area contributed by atoms with E-state index in [4.69, 9.17) is 5.26 Å². The van der Waals surface area contributed by atoms with Crippen molar-refractivity contribution in [2.75, 3.05) is 11.9 Å². The van der Waals surface area contributed by atoms with Crippen molar-refractivity contribution in [3.8, 4) is 6.07 Å². The Balaban J connectivity index is 2.00. The number of nitrogens with zero attached hydrogens (tertiary/aromatic N) is 3. The summed E-state index contributed by atoms with van der Waals surface area (Å²) in [7, 11) is 0. The minimum Gasteiger partial charge on any atom is -0.385 e. The van der Waals surface area contributed by atoms with Crippen molar-refractivity contribution >= 4 is 22.7 Å². The standard InChI is InChI=1S/C13H12N4O2S/c1-9-16-12(8-20-9)4-5-15-11-2-3-13(17(18)19)10(6-11)7-14/h2-3,6,8,15H,4-5H2,1H3. The molecule has 0 aliphatic carbocycles. The molecule has 0 amide bonds. The Labute approximate surface area is 119 Å². The number of hydrogen-bond donors (Lipinski definition) is 1. The summed E-state index contributed by atoms with van der Waals surface area (Å²) in [5, 5.41) is 25.8. The molecule has 102 valence electrons. The fourth-order valence-electron chi connectivity index (χ4n) is 1.75. The van der Waals surface area contributed by atoms with Gasteiger partial charge in [0.25, 0.3) is 5.69 Å². The maximum Gasteiger partial charge on any atom is 0.287 e. The zero-order valence-electron chi connectivity index (χ0n) is 10.8. The van der Waals surface area contributed by atoms with E-state index in [9.17, 15) is 10.1 Å². The second-order valence-corrected chi connectivity index (χ2v) is 5.20. The van der Waals surface area contributed by atoms with Crippen LogP contribution in [0.1, 0.15) is 16.3 Å². The number of aryl methyl sites for hydroxylation is 1. The predicted molar refractivity (Wildman–Crippen MR) is 76.9 cm³/mol. The second-order valence-electron chi connectivity index (χ2n) is 4.14. The van der Waals surface area contributed by atoms with Gasteiger partial charge < -0.3 is 5.32 Å². The molecule has 2 rings (SSSR count). The van der Waals surface area contributed by atoms with Crippen LogP contribution in [0.4, 0.5) is 11.4 Å². The summed E-state index contributed by atoms with van der Waals surface area (Å²) < 4.78 is 0. The van der Waals surface area contributed by atoms with E-state index in [2.05, 4.69) is 10.3 Å². The molecule has 1 aromatic carbocycles. The van der Waals surface area contributed by atoms with Crippen LogP contribution in [0.25, 0.3) is 0 Å². The number of nitrogens with one attached hydrogen (secondary N) is 1. The van der Waals surface area contributed by atoms with Crippen LogP contribution in [0.5, 0.6) is 0 Å². The lowest BCUT2D eigenvalue weighted by molar-refractivity contribution is -0.385. The van der Waals surface area contributed by atoms with Crippen LogP contribution in [-0.4, -0.2) is 16.5 Å². The number of rotatable bonds is 5. The number of nitro benzene ring substituents is 1. The van der Waals surface area contributed by atoms with Crippen LogP contribution in [0.15, 0.2) is 23.6 Å². The molecule has 0 saturated heterocycles. The zero-order valence-corrected chi connectivity index (χ0v) is 11.6. The summed E-state index contributed by atoms with van der Waals surface area (Å²) >= 11 is 1.60. The Morgan fingerprint density at radius 3 is 2.95 bits per heavy atom. The van der Waals surface area contributed by atoms with Crippen molar-refractivity contribution in [1.82, 2.24) is 4.98 Å². The number of nitriles is 1. The summed E-state index contributed by atoms with van der Waals surface area (Å²) in [5.41, 5.74) is 1.60. The molecule has 7 heteroatoms. The highest BCUT2D eigenvalue weighted by atomic mass is 32.1. The first-order valence-electron chi connectivity index (χ1n) is 5.93. The van der Waals surface area contributed by atoms with Gasteiger partial charge in [0.2, 0.25) is 0 Å². The molecule has 1 N–H and O–H groups in total. The monoisotopic (exact) mass is 288 g/mol. The second kappa shape index (κ2) is 6.12. The summed E-state index contributed by atoms with van der Waals surface area (Å²) in [5.74, 6) is 0. The maximum atomic E-state index is 10.7. The molecule has 0 aliphatic heterocycles. The van der Waals surface area contributed by atoms with E-state index in [1.807, 2.05) is 18.4 Å². The lowest BCUT2D eigenvalue weighted by Crippen LogP contribution is -2.05. The van der Waals surface area contributed by atoms with Gasteiger partial charge in [-0.3, -0.25) is 10.1 Å². The Morgan fingerprint density at radius 2 is 2.35 bits per heavy atom. The van der Waals surface area contributed by atoms with Gasteiger partial charge in [0, 0.05) is 30.1 Å². The van der Waals surface area contributed by atoms with Crippen molar-refractivity contribution < 1.29 is 4.92 Å². The largest absolute Gasteiger partial charge is 0.385 e. The average Bonchev–Trinajstić information content (AvgIpc) is 2.84. The van der Waals surface area contributed by atoms with Crippen LogP contribution in [0.3, 0.4) is 0 Å². The van der Waals surface area contributed by atoms with Crippen molar-refractivity contribution in [3.63, 3.8) is 0 Å². The highest BCUT2D eigenvalue weighted by molar-refractivity contribution is 7.09. The summed E-state index contributed by atoms with van der Waals surface area (Å²) in [4.78, 5) is 14.5.